The zero-order valence-electron chi connectivity index (χ0n) is 14.4. The predicted octanol–water partition coefficient (Wildman–Crippen LogP) is 2.37. The zero-order chi connectivity index (χ0) is 19.8. The van der Waals surface area contributed by atoms with Gasteiger partial charge in [0.1, 0.15) is 6.29 Å². The minimum absolute atomic E-state index is 0.0945. The van der Waals surface area contributed by atoms with Crippen LogP contribution in [0.5, 0.6) is 5.75 Å². The molecule has 2 rings (SSSR count). The van der Waals surface area contributed by atoms with Crippen molar-refractivity contribution in [2.75, 3.05) is 6.54 Å². The van der Waals surface area contributed by atoms with Crippen LogP contribution in [-0.4, -0.2) is 29.7 Å². The highest BCUT2D eigenvalue weighted by Crippen LogP contribution is 2.32. The lowest BCUT2D eigenvalue weighted by molar-refractivity contribution is -0.386. The minimum atomic E-state index is -1.31. The quantitative estimate of drug-likeness (QED) is 0.437. The highest BCUT2D eigenvalue weighted by atomic mass is 16.6. The van der Waals surface area contributed by atoms with E-state index in [9.17, 15) is 24.5 Å². The van der Waals surface area contributed by atoms with Crippen molar-refractivity contribution in [2.45, 2.75) is 13.0 Å². The molecule has 0 heterocycles. The van der Waals surface area contributed by atoms with Gasteiger partial charge >= 0.3 is 11.7 Å². The predicted molar refractivity (Wildman–Crippen MR) is 95.5 cm³/mol. The van der Waals surface area contributed by atoms with Gasteiger partial charge in [0.05, 0.1) is 4.92 Å². The maximum Gasteiger partial charge on any atom is 0.321 e. The molecule has 2 aromatic rings. The Bertz CT molecular complexity index is 853. The number of nitrogens with one attached hydrogen (secondary N) is 2. The minimum Gasteiger partial charge on any atom is -0.469 e. The van der Waals surface area contributed by atoms with E-state index in [1.807, 2.05) is 0 Å². The van der Waals surface area contributed by atoms with Crippen LogP contribution in [0, 0.1) is 10.1 Å². The molecule has 0 radical (unpaired) electrons. The molecule has 1 atom stereocenters. The average Bonchev–Trinajstić information content (AvgIpc) is 2.66. The molecule has 0 saturated heterocycles. The van der Waals surface area contributed by atoms with Crippen molar-refractivity contribution in [1.29, 1.82) is 0 Å². The Balaban J connectivity index is 2.38. The second-order valence-electron chi connectivity index (χ2n) is 5.36. The highest BCUT2D eigenvalue weighted by molar-refractivity contribution is 5.97. The maximum atomic E-state index is 12.5. The maximum absolute atomic E-state index is 12.5. The molecule has 0 aliphatic heterocycles. The van der Waals surface area contributed by atoms with E-state index in [-0.39, 0.29) is 11.3 Å². The van der Waals surface area contributed by atoms with Crippen molar-refractivity contribution in [3.8, 4) is 5.75 Å². The molecule has 3 amide bonds. The smallest absolute Gasteiger partial charge is 0.321 e. The SMILES string of the molecule is CCNC(=O)NC(=O)[C@@H](Oc1ccc(C=O)cc1[N+](=O)[O-])c1ccccc1. The topological polar surface area (TPSA) is 128 Å². The second-order valence-corrected chi connectivity index (χ2v) is 5.36. The average molecular weight is 371 g/mol. The normalized spacial score (nSPS) is 11.1. The van der Waals surface area contributed by atoms with Gasteiger partial charge in [-0.05, 0) is 19.1 Å². The number of aldehydes is 1. The highest BCUT2D eigenvalue weighted by Gasteiger charge is 2.27. The summed E-state index contributed by atoms with van der Waals surface area (Å²) in [6.45, 7) is 2.00. The summed E-state index contributed by atoms with van der Waals surface area (Å²) in [5.41, 5.74) is 0.0245. The fourth-order valence-electron chi connectivity index (χ4n) is 2.26. The Hall–Kier alpha value is -3.75. The number of nitro groups is 1. The van der Waals surface area contributed by atoms with Gasteiger partial charge in [-0.2, -0.15) is 0 Å². The molecular weight excluding hydrogens is 354 g/mol. The van der Waals surface area contributed by atoms with Crippen molar-refractivity contribution in [1.82, 2.24) is 10.6 Å². The summed E-state index contributed by atoms with van der Waals surface area (Å²) < 4.78 is 5.58. The van der Waals surface area contributed by atoms with Gasteiger partial charge in [0.15, 0.2) is 5.75 Å². The van der Waals surface area contributed by atoms with Gasteiger partial charge < -0.3 is 10.1 Å². The van der Waals surface area contributed by atoms with Gasteiger partial charge in [-0.15, -0.1) is 0 Å². The van der Waals surface area contributed by atoms with E-state index >= 15 is 0 Å². The van der Waals surface area contributed by atoms with E-state index in [1.165, 1.54) is 12.1 Å². The summed E-state index contributed by atoms with van der Waals surface area (Å²) in [6, 6.07) is 11.1. The largest absolute Gasteiger partial charge is 0.469 e. The molecular formula is C18H17N3O6. The molecule has 0 spiro atoms. The molecule has 0 aliphatic carbocycles. The van der Waals surface area contributed by atoms with E-state index in [1.54, 1.807) is 37.3 Å². The first kappa shape index (κ1) is 19.6. The Labute approximate surface area is 154 Å². The first-order chi connectivity index (χ1) is 13.0. The summed E-state index contributed by atoms with van der Waals surface area (Å²) >= 11 is 0. The fourth-order valence-corrected chi connectivity index (χ4v) is 2.26. The molecule has 0 aromatic heterocycles. The number of amides is 3. The number of ether oxygens (including phenoxy) is 1. The monoisotopic (exact) mass is 371 g/mol. The molecule has 9 heteroatoms. The molecule has 9 nitrogen and oxygen atoms in total. The number of nitro benzene ring substituents is 1. The molecule has 0 fully saturated rings. The third kappa shape index (κ3) is 5.11. The molecule has 0 unspecified atom stereocenters. The van der Waals surface area contributed by atoms with Crippen LogP contribution >= 0.6 is 0 Å². The molecule has 2 N–H and O–H groups in total. The van der Waals surface area contributed by atoms with Crippen LogP contribution in [0.2, 0.25) is 0 Å². The summed E-state index contributed by atoms with van der Waals surface area (Å²) in [4.78, 5) is 45.6. The van der Waals surface area contributed by atoms with Crippen LogP contribution < -0.4 is 15.4 Å². The van der Waals surface area contributed by atoms with Gasteiger partial charge in [-0.3, -0.25) is 25.0 Å². The molecule has 140 valence electrons. The van der Waals surface area contributed by atoms with Gasteiger partial charge in [0.25, 0.3) is 5.91 Å². The zero-order valence-corrected chi connectivity index (χ0v) is 14.4. The third-order valence-corrected chi connectivity index (χ3v) is 3.48. The molecule has 0 saturated carbocycles. The number of urea groups is 1. The summed E-state index contributed by atoms with van der Waals surface area (Å²) in [7, 11) is 0. The van der Waals surface area contributed by atoms with Crippen molar-refractivity contribution < 1.29 is 24.0 Å². The van der Waals surface area contributed by atoms with Crippen LogP contribution in [-0.2, 0) is 4.79 Å². The molecule has 27 heavy (non-hydrogen) atoms. The van der Waals surface area contributed by atoms with E-state index in [2.05, 4.69) is 10.6 Å². The first-order valence-electron chi connectivity index (χ1n) is 8.00. The number of nitrogens with zero attached hydrogens (tertiary/aromatic N) is 1. The van der Waals surface area contributed by atoms with E-state index in [0.717, 1.165) is 6.07 Å². The van der Waals surface area contributed by atoms with E-state index in [4.69, 9.17) is 4.74 Å². The van der Waals surface area contributed by atoms with Crippen LogP contribution in [0.1, 0.15) is 28.9 Å². The van der Waals surface area contributed by atoms with Gasteiger partial charge in [-0.25, -0.2) is 4.79 Å². The lowest BCUT2D eigenvalue weighted by atomic mass is 10.1. The van der Waals surface area contributed by atoms with Gasteiger partial charge in [-0.1, -0.05) is 30.3 Å². The van der Waals surface area contributed by atoms with Crippen LogP contribution in [0.15, 0.2) is 48.5 Å². The van der Waals surface area contributed by atoms with Crippen molar-refractivity contribution >= 4 is 23.9 Å². The number of hydrogen-bond acceptors (Lipinski definition) is 6. The second kappa shape index (κ2) is 9.09. The summed E-state index contributed by atoms with van der Waals surface area (Å²) in [5.74, 6) is -0.994. The Morgan fingerprint density at radius 2 is 1.93 bits per heavy atom. The van der Waals surface area contributed by atoms with Gasteiger partial charge in [0, 0.05) is 23.7 Å². The number of carbonyl (C=O) groups is 3. The Morgan fingerprint density at radius 1 is 1.22 bits per heavy atom. The number of imide groups is 1. The van der Waals surface area contributed by atoms with Crippen LogP contribution in [0.25, 0.3) is 0 Å². The molecule has 0 bridgehead atoms. The van der Waals surface area contributed by atoms with Crippen LogP contribution in [0.3, 0.4) is 0 Å². The summed E-state index contributed by atoms with van der Waals surface area (Å²) in [5, 5.41) is 15.8. The number of hydrogen-bond donors (Lipinski definition) is 2. The van der Waals surface area contributed by atoms with Gasteiger partial charge in [0.2, 0.25) is 6.10 Å². The Kier molecular flexibility index (Phi) is 6.59. The fraction of sp³-hybridized carbons (Fsp3) is 0.167. The van der Waals surface area contributed by atoms with Crippen molar-refractivity contribution in [3.05, 3.63) is 69.8 Å². The standard InChI is InChI=1S/C18H17N3O6/c1-2-19-18(24)20-17(23)16(13-6-4-3-5-7-13)27-15-9-8-12(11-22)10-14(15)21(25)26/h3-11,16H,2H2,1H3,(H2,19,20,23,24)/t16-/m0/s1. The molecule has 0 aliphatic rings. The van der Waals surface area contributed by atoms with E-state index < -0.39 is 28.7 Å². The third-order valence-electron chi connectivity index (χ3n) is 3.48. The van der Waals surface area contributed by atoms with Crippen LogP contribution in [0.4, 0.5) is 10.5 Å². The van der Waals surface area contributed by atoms with Crippen molar-refractivity contribution in [2.24, 2.45) is 0 Å². The molecule has 2 aromatic carbocycles. The summed E-state index contributed by atoms with van der Waals surface area (Å²) in [6.07, 6.45) is -0.845. The van der Waals surface area contributed by atoms with Crippen molar-refractivity contribution in [3.63, 3.8) is 0 Å². The van der Waals surface area contributed by atoms with E-state index in [0.29, 0.717) is 18.4 Å². The lowest BCUT2D eigenvalue weighted by Gasteiger charge is -2.19. The first-order valence-corrected chi connectivity index (χ1v) is 8.00. The Morgan fingerprint density at radius 3 is 2.52 bits per heavy atom. The number of carbonyl (C=O) groups excluding carboxylic acids is 3. The number of rotatable bonds is 7. The lowest BCUT2D eigenvalue weighted by Crippen LogP contribution is -2.42. The number of benzene rings is 2.